The highest BCUT2D eigenvalue weighted by atomic mass is 16.5. The van der Waals surface area contributed by atoms with Crippen molar-refractivity contribution < 1.29 is 14.6 Å². The number of hydrogen-bond donors (Lipinski definition) is 1. The van der Waals surface area contributed by atoms with Gasteiger partial charge in [-0.25, -0.2) is 0 Å². The number of unbranched alkanes of at least 4 members (excludes halogenated alkanes) is 1. The summed E-state index contributed by atoms with van der Waals surface area (Å²) in [7, 11) is 0. The Morgan fingerprint density at radius 1 is 1.23 bits per heavy atom. The zero-order chi connectivity index (χ0) is 17.9. The lowest BCUT2D eigenvalue weighted by Crippen LogP contribution is -2.26. The summed E-state index contributed by atoms with van der Waals surface area (Å²) in [6, 6.07) is 11.0. The molecule has 0 saturated heterocycles. The van der Waals surface area contributed by atoms with Crippen LogP contribution < -0.4 is 0 Å². The third-order valence-electron chi connectivity index (χ3n) is 5.26. The number of carbonyl (C=O) groups is 1. The SMILES string of the molecule is O=C(O)CCCC#CCOC1Cc2ccc3cccc4c3c2C(C=C4)C1. The summed E-state index contributed by atoms with van der Waals surface area (Å²) >= 11 is 0. The fourth-order valence-corrected chi connectivity index (χ4v) is 4.10. The van der Waals surface area contributed by atoms with E-state index in [-0.39, 0.29) is 12.5 Å². The van der Waals surface area contributed by atoms with Crippen molar-refractivity contribution in [2.24, 2.45) is 0 Å². The van der Waals surface area contributed by atoms with Crippen LogP contribution in [0.4, 0.5) is 0 Å². The molecule has 0 radical (unpaired) electrons. The standard InChI is InChI=1S/C23H22O3/c24-21(25)8-3-1-2-4-13-26-20-14-18-11-9-16-6-5-7-17-10-12-19(15-20)23(18)22(16)17/h5-7,9-12,18,20H,1,3,8,13-15H2,(H,24,25). The highest BCUT2D eigenvalue weighted by Gasteiger charge is 2.29. The molecule has 0 fully saturated rings. The summed E-state index contributed by atoms with van der Waals surface area (Å²) in [4.78, 5) is 10.5. The lowest BCUT2D eigenvalue weighted by atomic mass is 9.75. The molecule has 4 rings (SSSR count). The van der Waals surface area contributed by atoms with E-state index in [0.717, 1.165) is 12.8 Å². The van der Waals surface area contributed by atoms with Crippen molar-refractivity contribution in [3.63, 3.8) is 0 Å². The molecule has 2 aliphatic rings. The first kappa shape index (κ1) is 16.9. The molecule has 0 heterocycles. The van der Waals surface area contributed by atoms with Gasteiger partial charge in [0.2, 0.25) is 0 Å². The Balaban J connectivity index is 1.42. The lowest BCUT2D eigenvalue weighted by Gasteiger charge is -2.33. The Bertz CT molecular complexity index is 930. The van der Waals surface area contributed by atoms with E-state index in [1.54, 1.807) is 0 Å². The van der Waals surface area contributed by atoms with Gasteiger partial charge in [-0.05, 0) is 46.7 Å². The number of rotatable bonds is 5. The highest BCUT2D eigenvalue weighted by Crippen LogP contribution is 2.43. The van der Waals surface area contributed by atoms with Crippen LogP contribution in [0.5, 0.6) is 0 Å². The van der Waals surface area contributed by atoms with Crippen LogP contribution in [-0.2, 0) is 16.0 Å². The summed E-state index contributed by atoms with van der Waals surface area (Å²) in [6.45, 7) is 0.419. The molecule has 0 saturated carbocycles. The van der Waals surface area contributed by atoms with Crippen LogP contribution in [-0.4, -0.2) is 23.8 Å². The fourth-order valence-electron chi connectivity index (χ4n) is 4.10. The molecule has 2 aromatic carbocycles. The van der Waals surface area contributed by atoms with Gasteiger partial charge >= 0.3 is 5.97 Å². The Labute approximate surface area is 153 Å². The second-order valence-corrected chi connectivity index (χ2v) is 7.02. The second-order valence-electron chi connectivity index (χ2n) is 7.02. The molecule has 0 aromatic heterocycles. The predicted octanol–water partition coefficient (Wildman–Crippen LogP) is 4.54. The molecule has 0 spiro atoms. The minimum atomic E-state index is -0.764. The van der Waals surface area contributed by atoms with Gasteiger partial charge in [-0.2, -0.15) is 0 Å². The summed E-state index contributed by atoms with van der Waals surface area (Å²) < 4.78 is 6.01. The number of allylic oxidation sites excluding steroid dienone is 1. The third-order valence-corrected chi connectivity index (χ3v) is 5.26. The van der Waals surface area contributed by atoms with E-state index in [0.29, 0.717) is 25.4 Å². The molecular formula is C23H22O3. The predicted molar refractivity (Wildman–Crippen MR) is 103 cm³/mol. The van der Waals surface area contributed by atoms with Gasteiger partial charge in [0, 0.05) is 18.8 Å². The number of ether oxygens (including phenoxy) is 1. The molecule has 3 nitrogen and oxygen atoms in total. The van der Waals surface area contributed by atoms with Gasteiger partial charge in [0.25, 0.3) is 0 Å². The zero-order valence-electron chi connectivity index (χ0n) is 14.7. The first-order valence-electron chi connectivity index (χ1n) is 9.24. The van der Waals surface area contributed by atoms with E-state index in [4.69, 9.17) is 9.84 Å². The maximum Gasteiger partial charge on any atom is 0.303 e. The number of benzene rings is 2. The van der Waals surface area contributed by atoms with Crippen LogP contribution >= 0.6 is 0 Å². The van der Waals surface area contributed by atoms with Gasteiger partial charge in [-0.1, -0.05) is 48.4 Å². The summed E-state index contributed by atoms with van der Waals surface area (Å²) in [5, 5.41) is 11.3. The molecule has 0 aliphatic heterocycles. The highest BCUT2D eigenvalue weighted by molar-refractivity contribution is 5.96. The van der Waals surface area contributed by atoms with E-state index < -0.39 is 5.97 Å². The molecule has 2 aromatic rings. The quantitative estimate of drug-likeness (QED) is 0.639. The van der Waals surface area contributed by atoms with Crippen molar-refractivity contribution in [2.45, 2.75) is 44.1 Å². The molecule has 2 unspecified atom stereocenters. The van der Waals surface area contributed by atoms with Crippen LogP contribution in [0, 0.1) is 11.8 Å². The Kier molecular flexibility index (Phi) is 4.77. The molecular weight excluding hydrogens is 324 g/mol. The van der Waals surface area contributed by atoms with E-state index >= 15 is 0 Å². The van der Waals surface area contributed by atoms with Gasteiger partial charge < -0.3 is 9.84 Å². The lowest BCUT2D eigenvalue weighted by molar-refractivity contribution is -0.137. The Morgan fingerprint density at radius 2 is 2.15 bits per heavy atom. The van der Waals surface area contributed by atoms with Gasteiger partial charge in [-0.3, -0.25) is 4.79 Å². The Morgan fingerprint density at radius 3 is 3.04 bits per heavy atom. The summed E-state index contributed by atoms with van der Waals surface area (Å²) in [5.41, 5.74) is 4.20. The van der Waals surface area contributed by atoms with Crippen LogP contribution in [0.2, 0.25) is 0 Å². The van der Waals surface area contributed by atoms with Crippen molar-refractivity contribution in [2.75, 3.05) is 6.61 Å². The number of carboxylic acid groups (broad SMARTS) is 1. The number of carboxylic acids is 1. The largest absolute Gasteiger partial charge is 0.481 e. The third kappa shape index (κ3) is 3.38. The van der Waals surface area contributed by atoms with Gasteiger partial charge in [0.15, 0.2) is 0 Å². The van der Waals surface area contributed by atoms with Crippen LogP contribution in [0.3, 0.4) is 0 Å². The molecule has 2 atom stereocenters. The first-order valence-corrected chi connectivity index (χ1v) is 9.24. The van der Waals surface area contributed by atoms with Crippen molar-refractivity contribution in [3.8, 4) is 11.8 Å². The fraction of sp³-hybridized carbons (Fsp3) is 0.348. The van der Waals surface area contributed by atoms with E-state index in [1.165, 1.54) is 27.5 Å². The molecule has 1 N–H and O–H groups in total. The molecule has 0 amide bonds. The first-order chi connectivity index (χ1) is 12.7. The molecule has 0 bridgehead atoms. The monoisotopic (exact) mass is 346 g/mol. The van der Waals surface area contributed by atoms with Crippen molar-refractivity contribution in [1.82, 2.24) is 0 Å². The van der Waals surface area contributed by atoms with Gasteiger partial charge in [0.1, 0.15) is 6.61 Å². The smallest absolute Gasteiger partial charge is 0.303 e. The number of aliphatic carboxylic acids is 1. The van der Waals surface area contributed by atoms with Crippen molar-refractivity contribution >= 4 is 22.8 Å². The average molecular weight is 346 g/mol. The summed E-state index contributed by atoms with van der Waals surface area (Å²) in [6.07, 6.45) is 8.07. The van der Waals surface area contributed by atoms with Crippen LogP contribution in [0.15, 0.2) is 36.4 Å². The molecule has 132 valence electrons. The normalized spacial score (nSPS) is 19.8. The van der Waals surface area contributed by atoms with Crippen molar-refractivity contribution in [1.29, 1.82) is 0 Å². The number of hydrogen-bond acceptors (Lipinski definition) is 2. The van der Waals surface area contributed by atoms with Crippen LogP contribution in [0.25, 0.3) is 16.8 Å². The van der Waals surface area contributed by atoms with Gasteiger partial charge in [0.05, 0.1) is 6.10 Å². The topological polar surface area (TPSA) is 46.5 Å². The molecule has 2 aliphatic carbocycles. The Hall–Kier alpha value is -2.57. The molecule has 3 heteroatoms. The average Bonchev–Trinajstić information content (AvgIpc) is 2.65. The molecule has 26 heavy (non-hydrogen) atoms. The van der Waals surface area contributed by atoms with E-state index in [2.05, 4.69) is 54.3 Å². The van der Waals surface area contributed by atoms with Gasteiger partial charge in [-0.15, -0.1) is 5.92 Å². The van der Waals surface area contributed by atoms with Crippen LogP contribution in [0.1, 0.15) is 48.3 Å². The van der Waals surface area contributed by atoms with E-state index in [1.807, 2.05) is 0 Å². The van der Waals surface area contributed by atoms with Crippen molar-refractivity contribution in [3.05, 3.63) is 53.1 Å². The minimum absolute atomic E-state index is 0.179. The maximum atomic E-state index is 10.5. The van der Waals surface area contributed by atoms with E-state index in [9.17, 15) is 4.79 Å². The maximum absolute atomic E-state index is 10.5. The summed E-state index contributed by atoms with van der Waals surface area (Å²) in [5.74, 6) is 5.69. The minimum Gasteiger partial charge on any atom is -0.481 e. The zero-order valence-corrected chi connectivity index (χ0v) is 14.7. The second kappa shape index (κ2) is 7.35.